The molecule has 1 saturated carbocycles. The Morgan fingerprint density at radius 1 is 0.750 bits per heavy atom. The molecule has 2 atom stereocenters. The highest BCUT2D eigenvalue weighted by Gasteiger charge is 2.65. The van der Waals surface area contributed by atoms with Crippen molar-refractivity contribution in [2.45, 2.75) is 89.4 Å². The highest BCUT2D eigenvalue weighted by Crippen LogP contribution is 2.65. The van der Waals surface area contributed by atoms with E-state index in [0.29, 0.717) is 0 Å². The van der Waals surface area contributed by atoms with Gasteiger partial charge in [0, 0.05) is 44.8 Å². The van der Waals surface area contributed by atoms with Gasteiger partial charge < -0.3 is 9.80 Å². The molecule has 0 amide bonds. The van der Waals surface area contributed by atoms with Crippen molar-refractivity contribution in [1.82, 2.24) is 0 Å². The molecule has 220 valence electrons. The van der Waals surface area contributed by atoms with Crippen LogP contribution in [0.5, 0.6) is 0 Å². The molecule has 0 radical (unpaired) electrons. The largest absolute Gasteiger partial charge is 0.335 e. The molecule has 5 aliphatic rings. The number of anilines is 4. The van der Waals surface area contributed by atoms with Crippen molar-refractivity contribution >= 4 is 59.3 Å². The quantitative estimate of drug-likeness (QED) is 0.217. The summed E-state index contributed by atoms with van der Waals surface area (Å²) in [5, 5.41) is 1.66. The molecule has 0 N–H and O–H groups in total. The van der Waals surface area contributed by atoms with Crippen LogP contribution in [0.1, 0.15) is 70.1 Å². The summed E-state index contributed by atoms with van der Waals surface area (Å²) in [6, 6.07) is 32.5. The van der Waals surface area contributed by atoms with Crippen LogP contribution in [0.4, 0.5) is 22.7 Å². The van der Waals surface area contributed by atoms with Gasteiger partial charge in [-0.1, -0.05) is 125 Å². The molecule has 2 nitrogen and oxygen atoms in total. The van der Waals surface area contributed by atoms with Crippen molar-refractivity contribution < 1.29 is 0 Å². The number of rotatable bonds is 2. The van der Waals surface area contributed by atoms with Gasteiger partial charge in [-0.15, -0.1) is 0 Å². The predicted octanol–water partition coefficient (Wildman–Crippen LogP) is 8.29. The molecule has 4 aromatic rings. The van der Waals surface area contributed by atoms with Gasteiger partial charge in [-0.05, 0) is 66.1 Å². The number of para-hydroxylation sites is 2. The lowest BCUT2D eigenvalue weighted by molar-refractivity contribution is 0.196. The number of hydrogen-bond donors (Lipinski definition) is 0. The van der Waals surface area contributed by atoms with Gasteiger partial charge in [0.05, 0.1) is 13.6 Å². The van der Waals surface area contributed by atoms with Gasteiger partial charge in [-0.2, -0.15) is 0 Å². The number of fused-ring (bicyclic) bond motifs is 9. The molecule has 0 bridgehead atoms. The molecule has 1 fully saturated rings. The first kappa shape index (κ1) is 26.9. The van der Waals surface area contributed by atoms with Crippen LogP contribution in [0.25, 0.3) is 5.70 Å². The van der Waals surface area contributed by atoms with Crippen molar-refractivity contribution in [2.75, 3.05) is 9.80 Å². The maximum atomic E-state index is 2.96. The molecule has 0 aromatic heterocycles. The van der Waals surface area contributed by atoms with Gasteiger partial charge >= 0.3 is 0 Å². The smallest absolute Gasteiger partial charge is 0.248 e. The van der Waals surface area contributed by atoms with Crippen molar-refractivity contribution in [2.24, 2.45) is 0 Å². The molecule has 2 aliphatic carbocycles. The van der Waals surface area contributed by atoms with E-state index in [-0.39, 0.29) is 23.1 Å². The Labute approximate surface area is 264 Å². The first-order valence-corrected chi connectivity index (χ1v) is 20.3. The van der Waals surface area contributed by atoms with Crippen LogP contribution in [0, 0.1) is 0 Å². The van der Waals surface area contributed by atoms with E-state index in [4.69, 9.17) is 0 Å². The second kappa shape index (κ2) is 8.40. The van der Waals surface area contributed by atoms with Gasteiger partial charge in [-0.25, -0.2) is 0 Å². The third-order valence-electron chi connectivity index (χ3n) is 12.5. The fourth-order valence-corrected chi connectivity index (χ4v) is 12.0. The minimum Gasteiger partial charge on any atom is -0.335 e. The van der Waals surface area contributed by atoms with Gasteiger partial charge in [-0.3, -0.25) is 0 Å². The third kappa shape index (κ3) is 2.99. The predicted molar refractivity (Wildman–Crippen MR) is 192 cm³/mol. The van der Waals surface area contributed by atoms with Crippen LogP contribution in [0.3, 0.4) is 0 Å². The summed E-state index contributed by atoms with van der Waals surface area (Å²) in [7, 11) is -1.76. The topological polar surface area (TPSA) is 6.48 Å². The fourth-order valence-electron chi connectivity index (χ4n) is 10.3. The first-order chi connectivity index (χ1) is 21.0. The lowest BCUT2D eigenvalue weighted by Crippen LogP contribution is -2.61. The maximum absolute atomic E-state index is 2.96. The number of nitrogens with zero attached hydrogens (tertiary/aromatic N) is 2. The van der Waals surface area contributed by atoms with Gasteiger partial charge in [0.2, 0.25) is 6.71 Å². The molecular weight excluding hydrogens is 547 g/mol. The Morgan fingerprint density at radius 3 is 2.20 bits per heavy atom. The average Bonchev–Trinajstić information content (AvgIpc) is 3.37. The molecule has 0 spiro atoms. The summed E-state index contributed by atoms with van der Waals surface area (Å²) in [6.45, 7) is 18.2. The van der Waals surface area contributed by atoms with Crippen molar-refractivity contribution in [3.05, 3.63) is 107 Å². The van der Waals surface area contributed by atoms with E-state index >= 15 is 0 Å². The SMILES string of the molecule is CC1(C)C2=C(c3ccccc31)N1c3c4c(cc([Si](C)(C)C)c3C3(C)CCCCC13C)N(c1ccccc1)c1ccccc1B24. The van der Waals surface area contributed by atoms with E-state index in [0.717, 1.165) is 0 Å². The molecule has 3 aliphatic heterocycles. The Balaban J connectivity index is 1.51. The van der Waals surface area contributed by atoms with Crippen molar-refractivity contribution in [1.29, 1.82) is 0 Å². The zero-order valence-electron chi connectivity index (χ0n) is 27.4. The first-order valence-electron chi connectivity index (χ1n) is 16.8. The standard InChI is InChI=1S/C40H43BN2Si/c1-38(2)28-20-12-11-19-27(28)35-37(38)41-29-21-13-14-22-30(29)42(26-17-9-8-10-18-26)31-25-32(44(5,6)7)33-36(34(31)41)43(35)40(4)24-16-15-23-39(33,40)3/h8-14,17-22,25H,15-16,23-24H2,1-7H3. The van der Waals surface area contributed by atoms with Gasteiger partial charge in [0.1, 0.15) is 0 Å². The van der Waals surface area contributed by atoms with E-state index < -0.39 is 8.07 Å². The Kier molecular flexibility index (Phi) is 5.13. The summed E-state index contributed by atoms with van der Waals surface area (Å²) >= 11 is 0. The Morgan fingerprint density at radius 2 is 1.43 bits per heavy atom. The molecular formula is C40H43BN2Si. The Hall–Kier alpha value is -3.50. The zero-order valence-corrected chi connectivity index (χ0v) is 28.4. The van der Waals surface area contributed by atoms with E-state index in [1.807, 2.05) is 0 Å². The molecule has 3 heterocycles. The van der Waals surface area contributed by atoms with Crippen LogP contribution < -0.4 is 25.9 Å². The van der Waals surface area contributed by atoms with Crippen molar-refractivity contribution in [3.63, 3.8) is 0 Å². The summed E-state index contributed by atoms with van der Waals surface area (Å²) in [5.74, 6) is 0. The molecule has 9 rings (SSSR count). The highest BCUT2D eigenvalue weighted by atomic mass is 28.3. The monoisotopic (exact) mass is 590 g/mol. The number of benzene rings is 4. The summed E-state index contributed by atoms with van der Waals surface area (Å²) in [5.41, 5.74) is 16.4. The van der Waals surface area contributed by atoms with E-state index in [1.54, 1.807) is 27.4 Å². The van der Waals surface area contributed by atoms with Gasteiger partial charge in [0.25, 0.3) is 0 Å². The lowest BCUT2D eigenvalue weighted by atomic mass is 9.30. The lowest BCUT2D eigenvalue weighted by Gasteiger charge is -2.53. The zero-order chi connectivity index (χ0) is 30.4. The summed E-state index contributed by atoms with van der Waals surface area (Å²) in [6.07, 6.45) is 5.12. The van der Waals surface area contributed by atoms with Crippen LogP contribution in [0.2, 0.25) is 19.6 Å². The highest BCUT2D eigenvalue weighted by molar-refractivity contribution is 6.97. The fraction of sp³-hybridized carbons (Fsp3) is 0.350. The second-order valence-electron chi connectivity index (χ2n) is 16.1. The van der Waals surface area contributed by atoms with Crippen LogP contribution >= 0.6 is 0 Å². The van der Waals surface area contributed by atoms with E-state index in [1.165, 1.54) is 65.0 Å². The molecule has 44 heavy (non-hydrogen) atoms. The maximum Gasteiger partial charge on any atom is 0.248 e. The third-order valence-corrected chi connectivity index (χ3v) is 14.5. The molecule has 4 heteroatoms. The minimum absolute atomic E-state index is 0.0325. The number of hydrogen-bond acceptors (Lipinski definition) is 2. The van der Waals surface area contributed by atoms with Crippen LogP contribution in [-0.2, 0) is 10.8 Å². The van der Waals surface area contributed by atoms with Gasteiger partial charge in [0.15, 0.2) is 0 Å². The van der Waals surface area contributed by atoms with Crippen LogP contribution in [0.15, 0.2) is 90.4 Å². The molecule has 2 unspecified atom stereocenters. The average molecular weight is 591 g/mol. The Bertz CT molecular complexity index is 1930. The normalized spacial score (nSPS) is 25.4. The van der Waals surface area contributed by atoms with E-state index in [9.17, 15) is 0 Å². The van der Waals surface area contributed by atoms with Crippen molar-refractivity contribution in [3.8, 4) is 0 Å². The summed E-state index contributed by atoms with van der Waals surface area (Å²) in [4.78, 5) is 5.57. The summed E-state index contributed by atoms with van der Waals surface area (Å²) < 4.78 is 0. The molecule has 0 saturated heterocycles. The van der Waals surface area contributed by atoms with E-state index in [2.05, 4.69) is 142 Å². The second-order valence-corrected chi connectivity index (χ2v) is 21.1. The minimum atomic E-state index is -1.76. The van der Waals surface area contributed by atoms with Crippen LogP contribution in [-0.4, -0.2) is 20.3 Å². The number of allylic oxidation sites excluding steroid dienone is 1. The molecule has 4 aromatic carbocycles.